The molecule has 4 N–H and O–H groups in total. The van der Waals surface area contributed by atoms with Gasteiger partial charge in [0.15, 0.2) is 0 Å². The molecule has 2 heterocycles. The van der Waals surface area contributed by atoms with E-state index in [2.05, 4.69) is 16.0 Å². The highest BCUT2D eigenvalue weighted by molar-refractivity contribution is 6.46. The number of carbonyl (C=O) groups excluding carboxylic acids is 3. The van der Waals surface area contributed by atoms with E-state index in [0.29, 0.717) is 19.6 Å². The SMILES string of the molecule is CC(C)C1COB(O)[C@H]1NC(=O)[C@@H]1CCCN1C(=O)[C@@H](NC(=O)NC(C)(C)C)C1CCCCC1. The summed E-state index contributed by atoms with van der Waals surface area (Å²) in [5.41, 5.74) is -0.419. The molecule has 0 aromatic heterocycles. The number of rotatable bonds is 6. The van der Waals surface area contributed by atoms with Crippen molar-refractivity contribution >= 4 is 25.0 Å². The van der Waals surface area contributed by atoms with Crippen LogP contribution in [-0.2, 0) is 14.2 Å². The largest absolute Gasteiger partial charge is 0.478 e. The molecule has 4 atom stereocenters. The Morgan fingerprint density at radius 2 is 1.74 bits per heavy atom. The molecule has 1 saturated carbocycles. The molecule has 10 heteroatoms. The Bertz CT molecular complexity index is 737. The van der Waals surface area contributed by atoms with Gasteiger partial charge < -0.3 is 30.5 Å². The maximum Gasteiger partial charge on any atom is 0.478 e. The van der Waals surface area contributed by atoms with Crippen LogP contribution in [0.2, 0.25) is 0 Å². The van der Waals surface area contributed by atoms with Crippen LogP contribution < -0.4 is 16.0 Å². The average Bonchev–Trinajstić information content (AvgIpc) is 3.38. The number of nitrogens with zero attached hydrogens (tertiary/aromatic N) is 1. The van der Waals surface area contributed by atoms with Crippen molar-refractivity contribution in [3.8, 4) is 0 Å². The molecule has 34 heavy (non-hydrogen) atoms. The molecular weight excluding hydrogens is 435 g/mol. The van der Waals surface area contributed by atoms with E-state index in [4.69, 9.17) is 4.65 Å². The molecule has 0 radical (unpaired) electrons. The second-order valence-corrected chi connectivity index (χ2v) is 11.6. The fraction of sp³-hybridized carbons (Fsp3) is 0.875. The maximum atomic E-state index is 13.8. The van der Waals surface area contributed by atoms with Crippen molar-refractivity contribution in [2.24, 2.45) is 17.8 Å². The van der Waals surface area contributed by atoms with E-state index in [-0.39, 0.29) is 35.6 Å². The fourth-order valence-electron chi connectivity index (χ4n) is 5.52. The van der Waals surface area contributed by atoms with E-state index in [1.165, 1.54) is 0 Å². The number of nitrogens with one attached hydrogen (secondary N) is 3. The normalized spacial score (nSPS) is 27.1. The van der Waals surface area contributed by atoms with E-state index < -0.39 is 30.7 Å². The van der Waals surface area contributed by atoms with Gasteiger partial charge in [-0.05, 0) is 58.3 Å². The van der Waals surface area contributed by atoms with Crippen molar-refractivity contribution in [1.29, 1.82) is 0 Å². The molecule has 9 nitrogen and oxygen atoms in total. The molecule has 0 aromatic rings. The van der Waals surface area contributed by atoms with E-state index in [1.807, 2.05) is 34.6 Å². The molecule has 1 aliphatic carbocycles. The first-order valence-electron chi connectivity index (χ1n) is 13.0. The van der Waals surface area contributed by atoms with Crippen LogP contribution in [0, 0.1) is 17.8 Å². The van der Waals surface area contributed by atoms with Gasteiger partial charge in [-0.1, -0.05) is 33.1 Å². The van der Waals surface area contributed by atoms with Crippen molar-refractivity contribution < 1.29 is 24.1 Å². The summed E-state index contributed by atoms with van der Waals surface area (Å²) >= 11 is 0. The smallest absolute Gasteiger partial charge is 0.426 e. The third-order valence-electron chi connectivity index (χ3n) is 7.39. The monoisotopic (exact) mass is 478 g/mol. The summed E-state index contributed by atoms with van der Waals surface area (Å²) in [6, 6.07) is -1.62. The first kappa shape index (κ1) is 26.8. The highest BCUT2D eigenvalue weighted by atomic mass is 16.5. The molecule has 3 aliphatic rings. The van der Waals surface area contributed by atoms with Gasteiger partial charge in [-0.25, -0.2) is 4.79 Å². The lowest BCUT2D eigenvalue weighted by Crippen LogP contribution is -2.60. The Morgan fingerprint density at radius 1 is 1.06 bits per heavy atom. The number of amides is 4. The molecule has 3 fully saturated rings. The predicted molar refractivity (Wildman–Crippen MR) is 131 cm³/mol. The van der Waals surface area contributed by atoms with Gasteiger partial charge in [0.25, 0.3) is 0 Å². The average molecular weight is 478 g/mol. The van der Waals surface area contributed by atoms with Crippen LogP contribution in [0.15, 0.2) is 0 Å². The van der Waals surface area contributed by atoms with Crippen LogP contribution in [0.5, 0.6) is 0 Å². The topological polar surface area (TPSA) is 120 Å². The van der Waals surface area contributed by atoms with Gasteiger partial charge in [0.05, 0.1) is 5.94 Å². The van der Waals surface area contributed by atoms with E-state index >= 15 is 0 Å². The Labute approximate surface area is 204 Å². The van der Waals surface area contributed by atoms with Gasteiger partial charge in [0.1, 0.15) is 12.1 Å². The second kappa shape index (κ2) is 11.3. The Morgan fingerprint density at radius 3 is 2.35 bits per heavy atom. The zero-order chi connectivity index (χ0) is 25.0. The summed E-state index contributed by atoms with van der Waals surface area (Å²) in [6.45, 7) is 10.7. The molecule has 0 bridgehead atoms. The van der Waals surface area contributed by atoms with Crippen LogP contribution in [0.1, 0.15) is 79.6 Å². The van der Waals surface area contributed by atoms with Crippen LogP contribution in [0.25, 0.3) is 0 Å². The van der Waals surface area contributed by atoms with Crippen LogP contribution in [0.3, 0.4) is 0 Å². The molecule has 192 valence electrons. The number of likely N-dealkylation sites (tertiary alicyclic amines) is 1. The molecule has 4 amide bonds. The van der Waals surface area contributed by atoms with Crippen LogP contribution >= 0.6 is 0 Å². The Hall–Kier alpha value is -1.81. The minimum Gasteiger partial charge on any atom is -0.426 e. The summed E-state index contributed by atoms with van der Waals surface area (Å²) in [5, 5.41) is 19.1. The standard InChI is InChI=1S/C24H43BN4O5/c1-15(2)17-14-34-25(33)20(17)27-21(30)18-12-9-13-29(18)22(31)19(16-10-7-6-8-11-16)26-23(32)28-24(3,4)5/h15-20,33H,6-14H2,1-5H3,(H,27,30)(H2,26,28,32)/t17?,18-,19-,20-/m0/s1. The second-order valence-electron chi connectivity index (χ2n) is 11.6. The summed E-state index contributed by atoms with van der Waals surface area (Å²) in [7, 11) is -1.04. The number of hydrogen-bond donors (Lipinski definition) is 4. The zero-order valence-electron chi connectivity index (χ0n) is 21.4. The van der Waals surface area contributed by atoms with E-state index in [1.54, 1.807) is 4.90 Å². The van der Waals surface area contributed by atoms with Crippen molar-refractivity contribution in [3.63, 3.8) is 0 Å². The van der Waals surface area contributed by atoms with Crippen molar-refractivity contribution in [2.45, 2.75) is 103 Å². The lowest BCUT2D eigenvalue weighted by atomic mass is 9.71. The predicted octanol–water partition coefficient (Wildman–Crippen LogP) is 1.83. The first-order valence-corrected chi connectivity index (χ1v) is 13.0. The van der Waals surface area contributed by atoms with E-state index in [9.17, 15) is 19.4 Å². The van der Waals surface area contributed by atoms with E-state index in [0.717, 1.165) is 38.5 Å². The Kier molecular flexibility index (Phi) is 8.90. The molecule has 1 unspecified atom stereocenters. The molecule has 2 saturated heterocycles. The summed E-state index contributed by atoms with van der Waals surface area (Å²) in [4.78, 5) is 41.4. The molecule has 0 aromatic carbocycles. The van der Waals surface area contributed by atoms with Gasteiger partial charge in [-0.15, -0.1) is 0 Å². The van der Waals surface area contributed by atoms with Gasteiger partial charge >= 0.3 is 13.1 Å². The van der Waals surface area contributed by atoms with Gasteiger partial charge in [0, 0.05) is 24.6 Å². The van der Waals surface area contributed by atoms with Crippen molar-refractivity contribution in [1.82, 2.24) is 20.9 Å². The third kappa shape index (κ3) is 6.65. The van der Waals surface area contributed by atoms with Crippen LogP contribution in [0.4, 0.5) is 4.79 Å². The fourth-order valence-corrected chi connectivity index (χ4v) is 5.52. The number of urea groups is 1. The van der Waals surface area contributed by atoms with Crippen molar-refractivity contribution in [3.05, 3.63) is 0 Å². The minimum atomic E-state index is -1.04. The maximum absolute atomic E-state index is 13.8. The summed E-state index contributed by atoms with van der Waals surface area (Å²) < 4.78 is 5.38. The number of hydrogen-bond acceptors (Lipinski definition) is 5. The first-order chi connectivity index (χ1) is 16.0. The van der Waals surface area contributed by atoms with Crippen LogP contribution in [-0.4, -0.2) is 71.6 Å². The highest BCUT2D eigenvalue weighted by Gasteiger charge is 2.46. The molecule has 3 rings (SSSR count). The zero-order valence-corrected chi connectivity index (χ0v) is 21.4. The van der Waals surface area contributed by atoms with Gasteiger partial charge in [-0.3, -0.25) is 9.59 Å². The molecule has 2 aliphatic heterocycles. The lowest BCUT2D eigenvalue weighted by molar-refractivity contribution is -0.141. The van der Waals surface area contributed by atoms with Gasteiger partial charge in [-0.2, -0.15) is 0 Å². The number of carbonyl (C=O) groups is 3. The molecule has 0 spiro atoms. The quantitative estimate of drug-likeness (QED) is 0.435. The lowest BCUT2D eigenvalue weighted by Gasteiger charge is -2.35. The van der Waals surface area contributed by atoms with Crippen molar-refractivity contribution in [2.75, 3.05) is 13.2 Å². The summed E-state index contributed by atoms with van der Waals surface area (Å²) in [6.07, 6.45) is 6.29. The summed E-state index contributed by atoms with van der Waals surface area (Å²) in [5.74, 6) is -0.612. The van der Waals surface area contributed by atoms with Gasteiger partial charge in [0.2, 0.25) is 11.8 Å². The third-order valence-corrected chi connectivity index (χ3v) is 7.39. The molecular formula is C24H43BN4O5. The Balaban J connectivity index is 1.72. The minimum absolute atomic E-state index is 0.0160. The highest BCUT2D eigenvalue weighted by Crippen LogP contribution is 2.30.